The van der Waals surface area contributed by atoms with Crippen LogP contribution in [0.3, 0.4) is 0 Å². The van der Waals surface area contributed by atoms with Gasteiger partial charge in [-0.15, -0.1) is 11.3 Å². The summed E-state index contributed by atoms with van der Waals surface area (Å²) in [6.07, 6.45) is 0.504. The first-order chi connectivity index (χ1) is 9.02. The number of hydrogen-bond donors (Lipinski definition) is 3. The third kappa shape index (κ3) is 5.66. The first kappa shape index (κ1) is 15.4. The molecule has 2 amide bonds. The molecule has 0 bridgehead atoms. The van der Waals surface area contributed by atoms with Crippen molar-refractivity contribution >= 4 is 23.3 Å². The Labute approximate surface area is 115 Å². The number of carbonyl (C=O) groups is 2. The Hall–Kier alpha value is -1.67. The molecule has 0 aliphatic heterocycles. The van der Waals surface area contributed by atoms with Crippen LogP contribution in [-0.2, 0) is 11.2 Å². The van der Waals surface area contributed by atoms with Crippen molar-refractivity contribution in [3.05, 3.63) is 16.1 Å². The van der Waals surface area contributed by atoms with Crippen molar-refractivity contribution in [2.45, 2.75) is 19.4 Å². The summed E-state index contributed by atoms with van der Waals surface area (Å²) in [6.45, 7) is 2.68. The number of nitrogens with one attached hydrogen (secondary N) is 2. The monoisotopic (exact) mass is 287 g/mol. The molecule has 0 fully saturated rings. The minimum absolute atomic E-state index is 0.0400. The van der Waals surface area contributed by atoms with Crippen LogP contribution >= 0.6 is 11.3 Å². The van der Waals surface area contributed by atoms with Crippen LogP contribution < -0.4 is 10.6 Å². The zero-order valence-electron chi connectivity index (χ0n) is 10.8. The number of methoxy groups -OCH3 is 1. The molecule has 1 atom stereocenters. The highest BCUT2D eigenvalue weighted by Crippen LogP contribution is 2.09. The van der Waals surface area contributed by atoms with Gasteiger partial charge in [0.25, 0.3) is 0 Å². The maximum atomic E-state index is 11.4. The van der Waals surface area contributed by atoms with E-state index in [0.29, 0.717) is 24.6 Å². The number of amides is 2. The van der Waals surface area contributed by atoms with Crippen LogP contribution in [0.1, 0.15) is 22.4 Å². The number of nitrogens with zero attached hydrogens (tertiary/aromatic N) is 1. The lowest BCUT2D eigenvalue weighted by atomic mass is 10.4. The van der Waals surface area contributed by atoms with Gasteiger partial charge in [0.15, 0.2) is 5.69 Å². The number of carbonyl (C=O) groups excluding carboxylic acids is 1. The van der Waals surface area contributed by atoms with Gasteiger partial charge in [0, 0.05) is 25.5 Å². The zero-order valence-corrected chi connectivity index (χ0v) is 11.6. The molecule has 1 aromatic heterocycles. The topological polar surface area (TPSA) is 101 Å². The Morgan fingerprint density at radius 3 is 2.89 bits per heavy atom. The minimum atomic E-state index is -1.04. The second kappa shape index (κ2) is 7.70. The van der Waals surface area contributed by atoms with Gasteiger partial charge in [0.05, 0.1) is 17.7 Å². The van der Waals surface area contributed by atoms with E-state index < -0.39 is 5.97 Å². The first-order valence-electron chi connectivity index (χ1n) is 5.74. The summed E-state index contributed by atoms with van der Waals surface area (Å²) < 4.78 is 4.90. The lowest BCUT2D eigenvalue weighted by molar-refractivity contribution is 0.0691. The number of carboxylic acids is 1. The third-order valence-electron chi connectivity index (χ3n) is 2.19. The average Bonchev–Trinajstić information content (AvgIpc) is 2.78. The normalized spacial score (nSPS) is 11.9. The fraction of sp³-hybridized carbons (Fsp3) is 0.545. The molecule has 1 unspecified atom stereocenters. The average molecular weight is 287 g/mol. The van der Waals surface area contributed by atoms with Crippen molar-refractivity contribution in [2.75, 3.05) is 20.3 Å². The molecule has 0 saturated carbocycles. The molecular weight excluding hydrogens is 270 g/mol. The maximum absolute atomic E-state index is 11.4. The highest BCUT2D eigenvalue weighted by Gasteiger charge is 2.09. The summed E-state index contributed by atoms with van der Waals surface area (Å²) in [5.74, 6) is -1.04. The van der Waals surface area contributed by atoms with Crippen LogP contribution in [0, 0.1) is 0 Å². The molecule has 8 heteroatoms. The number of thiazole rings is 1. The first-order valence-corrected chi connectivity index (χ1v) is 6.62. The lowest BCUT2D eigenvalue weighted by Gasteiger charge is -2.13. The fourth-order valence-corrected chi connectivity index (χ4v) is 2.15. The van der Waals surface area contributed by atoms with Crippen LogP contribution in [-0.4, -0.2) is 48.4 Å². The molecule has 0 aliphatic carbocycles. The second-order valence-electron chi connectivity index (χ2n) is 3.94. The molecule has 1 rings (SSSR count). The van der Waals surface area contributed by atoms with E-state index in [1.165, 1.54) is 16.7 Å². The smallest absolute Gasteiger partial charge is 0.355 e. The van der Waals surface area contributed by atoms with Gasteiger partial charge in [0.1, 0.15) is 0 Å². The van der Waals surface area contributed by atoms with Gasteiger partial charge in [-0.2, -0.15) is 0 Å². The summed E-state index contributed by atoms with van der Waals surface area (Å²) in [7, 11) is 1.57. The number of carboxylic acid groups (broad SMARTS) is 1. The molecule has 0 radical (unpaired) electrons. The summed E-state index contributed by atoms with van der Waals surface area (Å²) in [5.41, 5.74) is 0.0400. The van der Waals surface area contributed by atoms with Crippen molar-refractivity contribution in [1.82, 2.24) is 15.6 Å². The van der Waals surface area contributed by atoms with Crippen LogP contribution in [0.15, 0.2) is 5.38 Å². The number of ether oxygens (including phenoxy) is 1. The quantitative estimate of drug-likeness (QED) is 0.686. The summed E-state index contributed by atoms with van der Waals surface area (Å²) >= 11 is 1.27. The molecular formula is C11H17N3O4S. The van der Waals surface area contributed by atoms with E-state index in [9.17, 15) is 9.59 Å². The number of urea groups is 1. The minimum Gasteiger partial charge on any atom is -0.476 e. The van der Waals surface area contributed by atoms with Crippen LogP contribution in [0.5, 0.6) is 0 Å². The molecule has 0 aromatic carbocycles. The predicted octanol–water partition coefficient (Wildman–Crippen LogP) is 0.718. The number of aromatic carboxylic acids is 1. The van der Waals surface area contributed by atoms with E-state index in [1.54, 1.807) is 7.11 Å². The summed E-state index contributed by atoms with van der Waals surface area (Å²) in [4.78, 5) is 26.0. The Bertz CT molecular complexity index is 435. The SMILES string of the molecule is COCC(C)NC(=O)NCCc1nc(C(=O)O)cs1. The molecule has 19 heavy (non-hydrogen) atoms. The van der Waals surface area contributed by atoms with Gasteiger partial charge >= 0.3 is 12.0 Å². The molecule has 1 aromatic rings. The summed E-state index contributed by atoms with van der Waals surface area (Å²) in [6, 6.07) is -0.344. The molecule has 3 N–H and O–H groups in total. The van der Waals surface area contributed by atoms with Crippen molar-refractivity contribution in [2.24, 2.45) is 0 Å². The van der Waals surface area contributed by atoms with Crippen molar-refractivity contribution < 1.29 is 19.4 Å². The highest BCUT2D eigenvalue weighted by atomic mass is 32.1. The molecule has 7 nitrogen and oxygen atoms in total. The van der Waals surface area contributed by atoms with Crippen molar-refractivity contribution in [3.63, 3.8) is 0 Å². The maximum Gasteiger partial charge on any atom is 0.355 e. The number of rotatable bonds is 7. The number of hydrogen-bond acceptors (Lipinski definition) is 5. The van der Waals surface area contributed by atoms with Gasteiger partial charge in [-0.3, -0.25) is 0 Å². The molecule has 0 aliphatic rings. The zero-order chi connectivity index (χ0) is 14.3. The third-order valence-corrected chi connectivity index (χ3v) is 3.10. The van der Waals surface area contributed by atoms with E-state index >= 15 is 0 Å². The van der Waals surface area contributed by atoms with E-state index in [2.05, 4.69) is 15.6 Å². The Morgan fingerprint density at radius 1 is 1.58 bits per heavy atom. The van der Waals surface area contributed by atoms with Crippen LogP contribution in [0.2, 0.25) is 0 Å². The van der Waals surface area contributed by atoms with Crippen molar-refractivity contribution in [1.29, 1.82) is 0 Å². The fourth-order valence-electron chi connectivity index (χ4n) is 1.37. The molecule has 0 spiro atoms. The van der Waals surface area contributed by atoms with Gasteiger partial charge in [0.2, 0.25) is 0 Å². The highest BCUT2D eigenvalue weighted by molar-refractivity contribution is 7.09. The van der Waals surface area contributed by atoms with Crippen LogP contribution in [0.4, 0.5) is 4.79 Å². The Morgan fingerprint density at radius 2 is 2.32 bits per heavy atom. The van der Waals surface area contributed by atoms with Gasteiger partial charge in [-0.05, 0) is 6.92 Å². The Kier molecular flexibility index (Phi) is 6.23. The molecule has 106 valence electrons. The van der Waals surface area contributed by atoms with Gasteiger partial charge in [-0.1, -0.05) is 0 Å². The largest absolute Gasteiger partial charge is 0.476 e. The standard InChI is InChI=1S/C11H17N3O4S/c1-7(5-18-2)13-11(17)12-4-3-9-14-8(6-19-9)10(15)16/h6-7H,3-5H2,1-2H3,(H,15,16)(H2,12,13,17). The molecule has 0 saturated heterocycles. The van der Waals surface area contributed by atoms with Crippen LogP contribution in [0.25, 0.3) is 0 Å². The lowest BCUT2D eigenvalue weighted by Crippen LogP contribution is -2.43. The second-order valence-corrected chi connectivity index (χ2v) is 4.88. The van der Waals surface area contributed by atoms with Gasteiger partial charge < -0.3 is 20.5 Å². The van der Waals surface area contributed by atoms with E-state index in [1.807, 2.05) is 6.92 Å². The van der Waals surface area contributed by atoms with E-state index in [4.69, 9.17) is 9.84 Å². The number of aromatic nitrogens is 1. The summed E-state index contributed by atoms with van der Waals surface area (Å²) in [5, 5.41) is 16.3. The predicted molar refractivity (Wildman–Crippen MR) is 70.6 cm³/mol. The van der Waals surface area contributed by atoms with Gasteiger partial charge in [-0.25, -0.2) is 14.6 Å². The molecule has 1 heterocycles. The van der Waals surface area contributed by atoms with E-state index in [0.717, 1.165) is 0 Å². The Balaban J connectivity index is 2.25. The van der Waals surface area contributed by atoms with Crippen molar-refractivity contribution in [3.8, 4) is 0 Å². The van der Waals surface area contributed by atoms with E-state index in [-0.39, 0.29) is 17.8 Å².